The molecule has 0 aromatic rings. The standard InChI is InChI=1S/C8H9NS/c1-6-9-7-4-2-3-5-8(7)10-6/h2-4,8H,5H2,1H3. The van der Waals surface area contributed by atoms with E-state index in [0.29, 0.717) is 5.25 Å². The van der Waals surface area contributed by atoms with Crippen LogP contribution in [0.3, 0.4) is 0 Å². The van der Waals surface area contributed by atoms with Crippen molar-refractivity contribution in [3.63, 3.8) is 0 Å². The van der Waals surface area contributed by atoms with E-state index in [1.807, 2.05) is 11.8 Å². The molecule has 0 amide bonds. The van der Waals surface area contributed by atoms with Crippen molar-refractivity contribution >= 4 is 16.8 Å². The van der Waals surface area contributed by atoms with Crippen LogP contribution in [-0.4, -0.2) is 10.3 Å². The fourth-order valence-corrected chi connectivity index (χ4v) is 2.26. The Kier molecular flexibility index (Phi) is 1.42. The van der Waals surface area contributed by atoms with Crippen LogP contribution in [0.2, 0.25) is 0 Å². The summed E-state index contributed by atoms with van der Waals surface area (Å²) in [6.07, 6.45) is 7.55. The molecule has 1 atom stereocenters. The Balaban J connectivity index is 2.31. The third-order valence-electron chi connectivity index (χ3n) is 1.68. The first-order chi connectivity index (χ1) is 4.86. The van der Waals surface area contributed by atoms with Crippen molar-refractivity contribution in [2.75, 3.05) is 0 Å². The summed E-state index contributed by atoms with van der Waals surface area (Å²) in [5, 5.41) is 1.84. The molecule has 2 heteroatoms. The molecule has 0 saturated carbocycles. The highest BCUT2D eigenvalue weighted by Crippen LogP contribution is 2.34. The van der Waals surface area contributed by atoms with Gasteiger partial charge in [-0.2, -0.15) is 0 Å². The molecule has 0 aromatic heterocycles. The van der Waals surface area contributed by atoms with Crippen molar-refractivity contribution in [3.8, 4) is 0 Å². The molecule has 2 aliphatic rings. The Morgan fingerprint density at radius 2 is 2.60 bits per heavy atom. The maximum atomic E-state index is 4.40. The second-order valence-corrected chi connectivity index (χ2v) is 3.89. The van der Waals surface area contributed by atoms with Gasteiger partial charge >= 0.3 is 0 Å². The van der Waals surface area contributed by atoms with Crippen LogP contribution in [0.15, 0.2) is 28.9 Å². The summed E-state index contributed by atoms with van der Waals surface area (Å²) in [5.74, 6) is 0. The number of rotatable bonds is 0. The van der Waals surface area contributed by atoms with E-state index in [0.717, 1.165) is 6.42 Å². The molecule has 0 bridgehead atoms. The molecule has 52 valence electrons. The number of hydrogen-bond donors (Lipinski definition) is 0. The lowest BCUT2D eigenvalue weighted by Gasteiger charge is -2.08. The Hall–Kier alpha value is -0.500. The fraction of sp³-hybridized carbons (Fsp3) is 0.375. The van der Waals surface area contributed by atoms with Crippen molar-refractivity contribution in [1.29, 1.82) is 0 Å². The van der Waals surface area contributed by atoms with E-state index in [-0.39, 0.29) is 0 Å². The maximum absolute atomic E-state index is 4.40. The summed E-state index contributed by atoms with van der Waals surface area (Å²) in [6.45, 7) is 2.07. The van der Waals surface area contributed by atoms with E-state index in [2.05, 4.69) is 30.1 Å². The van der Waals surface area contributed by atoms with Crippen LogP contribution >= 0.6 is 11.8 Å². The Morgan fingerprint density at radius 1 is 1.70 bits per heavy atom. The molecule has 0 spiro atoms. The molecular formula is C8H9NS. The largest absolute Gasteiger partial charge is 0.250 e. The summed E-state index contributed by atoms with van der Waals surface area (Å²) in [4.78, 5) is 4.40. The molecule has 1 unspecified atom stereocenters. The summed E-state index contributed by atoms with van der Waals surface area (Å²) >= 11 is 1.88. The highest BCUT2D eigenvalue weighted by molar-refractivity contribution is 8.14. The van der Waals surface area contributed by atoms with Gasteiger partial charge in [0.25, 0.3) is 0 Å². The smallest absolute Gasteiger partial charge is 0.0710 e. The minimum atomic E-state index is 0.630. The first-order valence-electron chi connectivity index (χ1n) is 3.45. The van der Waals surface area contributed by atoms with Crippen LogP contribution in [-0.2, 0) is 0 Å². The molecule has 0 saturated heterocycles. The van der Waals surface area contributed by atoms with E-state index >= 15 is 0 Å². The third kappa shape index (κ3) is 0.926. The van der Waals surface area contributed by atoms with Gasteiger partial charge in [-0.25, -0.2) is 0 Å². The lowest BCUT2D eigenvalue weighted by molar-refractivity contribution is 0.981. The molecule has 2 rings (SSSR count). The van der Waals surface area contributed by atoms with Crippen molar-refractivity contribution in [2.24, 2.45) is 4.99 Å². The monoisotopic (exact) mass is 151 g/mol. The van der Waals surface area contributed by atoms with Crippen molar-refractivity contribution in [2.45, 2.75) is 18.6 Å². The van der Waals surface area contributed by atoms with Gasteiger partial charge in [0, 0.05) is 0 Å². The fourth-order valence-electron chi connectivity index (χ4n) is 1.23. The quantitative estimate of drug-likeness (QED) is 0.517. The van der Waals surface area contributed by atoms with E-state index in [9.17, 15) is 0 Å². The van der Waals surface area contributed by atoms with E-state index in [1.165, 1.54) is 10.7 Å². The number of aliphatic imine (C=N–C) groups is 1. The Bertz CT molecular complexity index is 238. The third-order valence-corrected chi connectivity index (χ3v) is 2.83. The maximum Gasteiger partial charge on any atom is 0.0710 e. The van der Waals surface area contributed by atoms with Gasteiger partial charge in [-0.1, -0.05) is 12.2 Å². The summed E-state index contributed by atoms with van der Waals surface area (Å²) in [7, 11) is 0. The van der Waals surface area contributed by atoms with Crippen molar-refractivity contribution in [3.05, 3.63) is 23.9 Å². The number of nitrogens with zero attached hydrogens (tertiary/aromatic N) is 1. The molecule has 10 heavy (non-hydrogen) atoms. The van der Waals surface area contributed by atoms with Crippen LogP contribution in [0.25, 0.3) is 0 Å². The van der Waals surface area contributed by atoms with E-state index < -0.39 is 0 Å². The van der Waals surface area contributed by atoms with Gasteiger partial charge in [-0.05, 0) is 19.4 Å². The van der Waals surface area contributed by atoms with E-state index in [1.54, 1.807) is 0 Å². The zero-order valence-corrected chi connectivity index (χ0v) is 6.69. The molecule has 1 aliphatic heterocycles. The van der Waals surface area contributed by atoms with Gasteiger partial charge in [-0.3, -0.25) is 4.99 Å². The highest BCUT2D eigenvalue weighted by atomic mass is 32.2. The zero-order valence-electron chi connectivity index (χ0n) is 5.87. The van der Waals surface area contributed by atoms with Gasteiger partial charge in [0.2, 0.25) is 0 Å². The predicted octanol–water partition coefficient (Wildman–Crippen LogP) is 2.36. The van der Waals surface area contributed by atoms with Crippen molar-refractivity contribution in [1.82, 2.24) is 0 Å². The van der Waals surface area contributed by atoms with Crippen LogP contribution in [0.1, 0.15) is 13.3 Å². The van der Waals surface area contributed by atoms with Gasteiger partial charge in [-0.15, -0.1) is 11.8 Å². The first-order valence-corrected chi connectivity index (χ1v) is 4.33. The molecule has 0 radical (unpaired) electrons. The minimum Gasteiger partial charge on any atom is -0.250 e. The van der Waals surface area contributed by atoms with Crippen LogP contribution in [0.5, 0.6) is 0 Å². The van der Waals surface area contributed by atoms with Crippen molar-refractivity contribution < 1.29 is 0 Å². The number of thioether (sulfide) groups is 1. The van der Waals surface area contributed by atoms with Crippen LogP contribution in [0, 0.1) is 0 Å². The first kappa shape index (κ1) is 6.23. The summed E-state index contributed by atoms with van der Waals surface area (Å²) < 4.78 is 0. The Morgan fingerprint density at radius 3 is 3.40 bits per heavy atom. The lowest BCUT2D eigenvalue weighted by atomic mass is 10.1. The number of hydrogen-bond acceptors (Lipinski definition) is 2. The number of fused-ring (bicyclic) bond motifs is 1. The average Bonchev–Trinajstić information content (AvgIpc) is 2.27. The SMILES string of the molecule is CC1=NC2=CC=CCC2S1. The van der Waals surface area contributed by atoms with Crippen LogP contribution < -0.4 is 0 Å². The topological polar surface area (TPSA) is 12.4 Å². The highest BCUT2D eigenvalue weighted by Gasteiger charge is 2.21. The molecule has 1 heterocycles. The van der Waals surface area contributed by atoms with Gasteiger partial charge in [0.1, 0.15) is 0 Å². The van der Waals surface area contributed by atoms with Crippen LogP contribution in [0.4, 0.5) is 0 Å². The molecular weight excluding hydrogens is 142 g/mol. The zero-order chi connectivity index (χ0) is 6.97. The average molecular weight is 151 g/mol. The second kappa shape index (κ2) is 2.27. The molecule has 0 N–H and O–H groups in total. The summed E-state index contributed by atoms with van der Waals surface area (Å²) in [5.41, 5.74) is 1.25. The molecule has 1 aliphatic carbocycles. The molecule has 0 fully saturated rings. The normalized spacial score (nSPS) is 29.5. The second-order valence-electron chi connectivity index (χ2n) is 2.49. The Labute approximate surface area is 64.9 Å². The van der Waals surface area contributed by atoms with Gasteiger partial charge in [0.15, 0.2) is 0 Å². The van der Waals surface area contributed by atoms with E-state index in [4.69, 9.17) is 0 Å². The van der Waals surface area contributed by atoms with Gasteiger partial charge < -0.3 is 0 Å². The number of allylic oxidation sites excluding steroid dienone is 3. The predicted molar refractivity (Wildman–Crippen MR) is 46.3 cm³/mol. The lowest BCUT2D eigenvalue weighted by Crippen LogP contribution is -2.01. The molecule has 1 nitrogen and oxygen atoms in total. The van der Waals surface area contributed by atoms with Gasteiger partial charge in [0.05, 0.1) is 16.0 Å². The summed E-state index contributed by atoms with van der Waals surface area (Å²) in [6, 6.07) is 0. The minimum absolute atomic E-state index is 0.630. The molecule has 0 aromatic carbocycles.